The van der Waals surface area contributed by atoms with E-state index >= 15 is 0 Å². The van der Waals surface area contributed by atoms with Crippen molar-refractivity contribution < 1.29 is 22.7 Å². The van der Waals surface area contributed by atoms with Crippen LogP contribution in [-0.4, -0.2) is 45.9 Å². The molecule has 0 radical (unpaired) electrons. The summed E-state index contributed by atoms with van der Waals surface area (Å²) in [4.78, 5) is 13.1. The summed E-state index contributed by atoms with van der Waals surface area (Å²) in [5, 5.41) is 5.14. The quantitative estimate of drug-likeness (QED) is 0.160. The van der Waals surface area contributed by atoms with Crippen LogP contribution in [0.1, 0.15) is 28.1 Å². The molecule has 1 aromatic heterocycles. The van der Waals surface area contributed by atoms with Crippen LogP contribution in [0.3, 0.4) is 0 Å². The summed E-state index contributed by atoms with van der Waals surface area (Å²) in [7, 11) is -1.32. The number of hydrogen-bond donors (Lipinski definition) is 1. The van der Waals surface area contributed by atoms with Crippen LogP contribution in [0, 0.1) is 27.7 Å². The molecule has 0 aliphatic heterocycles. The molecular weight excluding hydrogens is 611 g/mol. The van der Waals surface area contributed by atoms with Crippen molar-refractivity contribution in [3.63, 3.8) is 0 Å². The lowest BCUT2D eigenvalue weighted by molar-refractivity contribution is -0.119. The number of ether oxygens (including phenoxy) is 2. The van der Waals surface area contributed by atoms with Gasteiger partial charge in [0.1, 0.15) is 6.54 Å². The van der Waals surface area contributed by atoms with Gasteiger partial charge in [-0.3, -0.25) is 9.10 Å². The van der Waals surface area contributed by atoms with Gasteiger partial charge in [0.2, 0.25) is 0 Å². The van der Waals surface area contributed by atoms with Gasteiger partial charge in [-0.1, -0.05) is 29.3 Å². The molecule has 226 valence electrons. The van der Waals surface area contributed by atoms with Crippen LogP contribution in [-0.2, 0) is 14.8 Å². The number of amides is 1. The lowest BCUT2D eigenvalue weighted by atomic mass is 10.1. The van der Waals surface area contributed by atoms with Crippen LogP contribution in [0.5, 0.6) is 11.5 Å². The highest BCUT2D eigenvalue weighted by molar-refractivity contribution is 7.92. The zero-order valence-corrected chi connectivity index (χ0v) is 26.9. The number of aryl methyl sites for hydroxylation is 3. The van der Waals surface area contributed by atoms with Gasteiger partial charge in [0.05, 0.1) is 31.0 Å². The fourth-order valence-corrected chi connectivity index (χ4v) is 6.77. The van der Waals surface area contributed by atoms with Crippen LogP contribution >= 0.6 is 23.2 Å². The third-order valence-electron chi connectivity index (χ3n) is 6.69. The van der Waals surface area contributed by atoms with E-state index in [1.165, 1.54) is 38.6 Å². The minimum atomic E-state index is -4.20. The summed E-state index contributed by atoms with van der Waals surface area (Å²) in [6.07, 6.45) is 1.51. The Morgan fingerprint density at radius 2 is 1.53 bits per heavy atom. The average molecular weight is 644 g/mol. The van der Waals surface area contributed by atoms with Gasteiger partial charge >= 0.3 is 0 Å². The second kappa shape index (κ2) is 13.1. The maximum Gasteiger partial charge on any atom is 0.264 e. The van der Waals surface area contributed by atoms with E-state index in [9.17, 15) is 13.2 Å². The summed E-state index contributed by atoms with van der Waals surface area (Å²) in [5.41, 5.74) is 7.80. The lowest BCUT2D eigenvalue weighted by Gasteiger charge is -2.25. The molecule has 0 atom stereocenters. The van der Waals surface area contributed by atoms with Crippen molar-refractivity contribution in [2.75, 3.05) is 25.1 Å². The molecule has 0 spiro atoms. The standard InChI is InChI=1S/C31H32Cl2N4O5S/c1-19-9-20(2)11-26(10-19)36(43(39,40)28-7-8-29(41-5)30(16-28)42-6)18-31(38)35-34-17-23-12-21(3)37(22(23)4)27-14-24(32)13-25(33)15-27/h7-17H,18H2,1-6H3,(H,35,38). The van der Waals surface area contributed by atoms with Gasteiger partial charge in [-0.2, -0.15) is 5.10 Å². The predicted octanol–water partition coefficient (Wildman–Crippen LogP) is 6.38. The molecule has 4 rings (SSSR count). The number of anilines is 1. The number of aromatic nitrogens is 1. The third kappa shape index (κ3) is 7.15. The number of nitrogens with zero attached hydrogens (tertiary/aromatic N) is 3. The number of rotatable bonds is 10. The molecular formula is C31H32Cl2N4O5S. The van der Waals surface area contributed by atoms with Gasteiger partial charge < -0.3 is 14.0 Å². The Bertz CT molecular complexity index is 1780. The first-order valence-corrected chi connectivity index (χ1v) is 15.3. The largest absolute Gasteiger partial charge is 0.493 e. The molecule has 0 saturated heterocycles. The minimum Gasteiger partial charge on any atom is -0.493 e. The Hall–Kier alpha value is -3.99. The smallest absolute Gasteiger partial charge is 0.264 e. The van der Waals surface area contributed by atoms with Gasteiger partial charge in [0, 0.05) is 38.8 Å². The fourth-order valence-electron chi connectivity index (χ4n) is 4.84. The molecule has 43 heavy (non-hydrogen) atoms. The van der Waals surface area contributed by atoms with E-state index in [-0.39, 0.29) is 10.6 Å². The van der Waals surface area contributed by atoms with Gasteiger partial charge in [0.15, 0.2) is 11.5 Å². The Kier molecular flexibility index (Phi) is 9.74. The molecule has 0 unspecified atom stereocenters. The van der Waals surface area contributed by atoms with E-state index in [2.05, 4.69) is 10.5 Å². The summed E-state index contributed by atoms with van der Waals surface area (Å²) >= 11 is 12.4. The maximum absolute atomic E-state index is 13.9. The molecule has 12 heteroatoms. The Morgan fingerprint density at radius 3 is 2.14 bits per heavy atom. The molecule has 0 fully saturated rings. The molecule has 0 bridgehead atoms. The molecule has 3 aromatic carbocycles. The minimum absolute atomic E-state index is 0.0610. The number of benzene rings is 3. The Labute approximate surface area is 261 Å². The molecule has 0 aliphatic rings. The number of nitrogens with one attached hydrogen (secondary N) is 1. The monoisotopic (exact) mass is 642 g/mol. The van der Waals surface area contributed by atoms with Gasteiger partial charge in [-0.25, -0.2) is 13.8 Å². The normalized spacial score (nSPS) is 11.5. The number of hydrazone groups is 1. The van der Waals surface area contributed by atoms with Gasteiger partial charge in [-0.05, 0) is 87.4 Å². The number of hydrogen-bond acceptors (Lipinski definition) is 6. The van der Waals surface area contributed by atoms with Crippen molar-refractivity contribution in [2.45, 2.75) is 32.6 Å². The number of methoxy groups -OCH3 is 2. The van der Waals surface area contributed by atoms with Crippen LogP contribution < -0.4 is 19.2 Å². The summed E-state index contributed by atoms with van der Waals surface area (Å²) in [6, 6.07) is 16.8. The zero-order valence-electron chi connectivity index (χ0n) is 24.6. The van der Waals surface area contributed by atoms with Crippen molar-refractivity contribution in [2.24, 2.45) is 5.10 Å². The van der Waals surface area contributed by atoms with Crippen molar-refractivity contribution in [1.29, 1.82) is 0 Å². The maximum atomic E-state index is 13.9. The predicted molar refractivity (Wildman–Crippen MR) is 171 cm³/mol. The van der Waals surface area contributed by atoms with Crippen molar-refractivity contribution in [3.8, 4) is 17.2 Å². The summed E-state index contributed by atoms with van der Waals surface area (Å²) in [6.45, 7) is 7.03. The van der Waals surface area contributed by atoms with Crippen molar-refractivity contribution in [1.82, 2.24) is 9.99 Å². The van der Waals surface area contributed by atoms with Crippen LogP contribution in [0.25, 0.3) is 5.69 Å². The number of sulfonamides is 1. The van der Waals surface area contributed by atoms with E-state index in [0.717, 1.165) is 38.1 Å². The molecule has 1 amide bonds. The molecule has 1 N–H and O–H groups in total. The van der Waals surface area contributed by atoms with E-state index in [1.54, 1.807) is 30.3 Å². The molecule has 9 nitrogen and oxygen atoms in total. The first kappa shape index (κ1) is 31.9. The average Bonchev–Trinajstić information content (AvgIpc) is 3.22. The van der Waals surface area contributed by atoms with Gasteiger partial charge in [-0.15, -0.1) is 0 Å². The van der Waals surface area contributed by atoms with E-state index in [4.69, 9.17) is 32.7 Å². The Morgan fingerprint density at radius 1 is 0.907 bits per heavy atom. The van der Waals surface area contributed by atoms with E-state index in [0.29, 0.717) is 21.5 Å². The number of carbonyl (C=O) groups excluding carboxylic acids is 1. The molecule has 4 aromatic rings. The molecule has 0 aliphatic carbocycles. The molecule has 0 saturated carbocycles. The van der Waals surface area contributed by atoms with E-state index < -0.39 is 22.5 Å². The van der Waals surface area contributed by atoms with Gasteiger partial charge in [0.25, 0.3) is 15.9 Å². The first-order valence-electron chi connectivity index (χ1n) is 13.1. The lowest BCUT2D eigenvalue weighted by Crippen LogP contribution is -2.39. The molecule has 1 heterocycles. The summed E-state index contributed by atoms with van der Waals surface area (Å²) in [5.74, 6) is -0.00478. The first-order chi connectivity index (χ1) is 20.3. The zero-order chi connectivity index (χ0) is 31.5. The summed E-state index contributed by atoms with van der Waals surface area (Å²) < 4.78 is 41.4. The van der Waals surface area contributed by atoms with Crippen LogP contribution in [0.2, 0.25) is 10.0 Å². The topological polar surface area (TPSA) is 102 Å². The van der Waals surface area contributed by atoms with Crippen LogP contribution in [0.15, 0.2) is 70.7 Å². The number of halogens is 2. The second-order valence-electron chi connectivity index (χ2n) is 9.96. The number of carbonyl (C=O) groups is 1. The third-order valence-corrected chi connectivity index (χ3v) is 8.90. The highest BCUT2D eigenvalue weighted by atomic mass is 35.5. The SMILES string of the molecule is COc1ccc(S(=O)(=O)N(CC(=O)NN=Cc2cc(C)n(-c3cc(Cl)cc(Cl)c3)c2C)c2cc(C)cc(C)c2)cc1OC. The highest BCUT2D eigenvalue weighted by Crippen LogP contribution is 2.33. The highest BCUT2D eigenvalue weighted by Gasteiger charge is 2.29. The van der Waals surface area contributed by atoms with E-state index in [1.807, 2.05) is 44.4 Å². The Balaban J connectivity index is 1.62. The van der Waals surface area contributed by atoms with Crippen molar-refractivity contribution >= 4 is 51.0 Å². The van der Waals surface area contributed by atoms with Crippen molar-refractivity contribution in [3.05, 3.63) is 98.8 Å². The van der Waals surface area contributed by atoms with Crippen LogP contribution in [0.4, 0.5) is 5.69 Å². The fraction of sp³-hybridized carbons (Fsp3) is 0.226. The second-order valence-corrected chi connectivity index (χ2v) is 12.7.